The molecule has 0 amide bonds. The van der Waals surface area contributed by atoms with Gasteiger partial charge in [0, 0.05) is 91.4 Å². The summed E-state index contributed by atoms with van der Waals surface area (Å²) in [5.41, 5.74) is -19.2. The third kappa shape index (κ3) is 7.82. The molecule has 0 atom stereocenters. The Morgan fingerprint density at radius 1 is 0.256 bits per heavy atom. The molecular formula is C77H53B2N7. The van der Waals surface area contributed by atoms with Crippen molar-refractivity contribution in [2.24, 2.45) is 0 Å². The summed E-state index contributed by atoms with van der Waals surface area (Å²) in [5.74, 6) is -2.12. The molecule has 0 unspecified atom stereocenters. The van der Waals surface area contributed by atoms with E-state index in [4.69, 9.17) is 26.9 Å². The molecule has 13 aromatic rings. The zero-order valence-corrected chi connectivity index (χ0v) is 43.2. The molecule has 0 bridgehead atoms. The molecule has 12 aromatic carbocycles. The van der Waals surface area contributed by atoms with E-state index in [-0.39, 0.29) is 0 Å². The van der Waals surface area contributed by atoms with E-state index in [9.17, 15) is 43.9 Å². The van der Waals surface area contributed by atoms with Gasteiger partial charge in [0.05, 0.1) is 71.5 Å². The van der Waals surface area contributed by atoms with Crippen molar-refractivity contribution in [2.45, 2.75) is 0 Å². The van der Waals surface area contributed by atoms with Gasteiger partial charge in [0.15, 0.2) is 0 Å². The van der Waals surface area contributed by atoms with Gasteiger partial charge in [0.2, 0.25) is 0 Å². The molecule has 0 radical (unpaired) electrons. The summed E-state index contributed by atoms with van der Waals surface area (Å²) in [6.45, 7) is -4.47. The second kappa shape index (κ2) is 20.3. The molecule has 402 valence electrons. The van der Waals surface area contributed by atoms with Gasteiger partial charge in [-0.2, -0.15) is 0 Å². The average molecular weight is 1150 g/mol. The molecule has 4 aliphatic heterocycles. The molecule has 0 N–H and O–H groups in total. The number of benzene rings is 12. The first-order chi connectivity index (χ1) is 62.6. The maximum atomic E-state index is 10.4. The summed E-state index contributed by atoms with van der Waals surface area (Å²) < 4.78 is 457. The van der Waals surface area contributed by atoms with Gasteiger partial charge >= 0.3 is 0 Å². The van der Waals surface area contributed by atoms with Crippen molar-refractivity contribution in [3.8, 4) is 0 Å². The molecule has 86 heavy (non-hydrogen) atoms. The van der Waals surface area contributed by atoms with E-state index in [1.54, 1.807) is 0 Å². The highest BCUT2D eigenvalue weighted by Gasteiger charge is 2.49. The first-order valence-electron chi connectivity index (χ1n) is 49.6. The first-order valence-corrected chi connectivity index (χ1v) is 25.6. The van der Waals surface area contributed by atoms with Gasteiger partial charge in [0.1, 0.15) is 11.6 Å². The highest BCUT2D eigenvalue weighted by Crippen LogP contribution is 2.51. The molecule has 7 nitrogen and oxygen atoms in total. The van der Waals surface area contributed by atoms with Crippen LogP contribution in [0.15, 0.2) is 320 Å². The zero-order chi connectivity index (χ0) is 98.4. The summed E-state index contributed by atoms with van der Waals surface area (Å²) in [5, 5.41) is 0. The molecule has 5 heterocycles. The Kier molecular flexibility index (Phi) is 4.97. The van der Waals surface area contributed by atoms with Crippen molar-refractivity contribution in [3.05, 3.63) is 320 Å². The van der Waals surface area contributed by atoms with Gasteiger partial charge in [-0.05, 0) is 160 Å². The number of rotatable bonds is 10. The van der Waals surface area contributed by atoms with E-state index < -0.39 is 439 Å². The highest BCUT2D eigenvalue weighted by molar-refractivity contribution is 7.03. The third-order valence-corrected chi connectivity index (χ3v) is 14.5. The van der Waals surface area contributed by atoms with Crippen molar-refractivity contribution in [2.75, 3.05) is 29.4 Å². The number of hydrogen-bond acceptors (Lipinski definition) is 7. The standard InChI is InChI=1S/C77H53B2N7/c1-9-29-54(30-10-1)81(55-31-11-2-12-32-55)62-49-71-75-72(50-62)84(59-39-19-6-20-40-59)69-52-70-66(51-65(69)78(75)63-45-25-27-47-67(63)83(71)58-37-17-5-18-38-58)79-64-46-26-28-48-68(64)86(61-43-23-8-24-44-61)77-76(79)73(85(70)60-41-21-7-22-42-60)53-74(80-77)82(56-33-13-3-14-34-56)57-35-15-4-16-36-57/h1-53H/i1D,2D,3D,4D,5D,6D,7D,8D,9D,10D,11D,12D,13D,14D,15D,16D,17D,18D,19D,20D,21D,22D,23D,24D,25D,26D,27D,28D,29D,30D,31D,32D,33D,34D,35D,36D,37D,38D,39D,40D,41D,42D,43D,44D,45D,46D,47D,48D. The van der Waals surface area contributed by atoms with Gasteiger partial charge in [-0.3, -0.25) is 9.80 Å². The second-order valence-corrected chi connectivity index (χ2v) is 18.8. The Hall–Kier alpha value is -11.3. The van der Waals surface area contributed by atoms with Gasteiger partial charge in [0.25, 0.3) is 13.4 Å². The molecule has 0 aliphatic carbocycles. The Bertz CT molecular complexity index is 6900. The summed E-state index contributed by atoms with van der Waals surface area (Å²) >= 11 is 0. The van der Waals surface area contributed by atoms with Gasteiger partial charge in [-0.15, -0.1) is 0 Å². The highest BCUT2D eigenvalue weighted by atomic mass is 15.3. The van der Waals surface area contributed by atoms with Crippen LogP contribution in [0.25, 0.3) is 0 Å². The Balaban J connectivity index is 1.17. The van der Waals surface area contributed by atoms with Gasteiger partial charge < -0.3 is 19.6 Å². The second-order valence-electron chi connectivity index (χ2n) is 18.8. The van der Waals surface area contributed by atoms with Crippen LogP contribution in [0.5, 0.6) is 0 Å². The molecular weight excluding hydrogens is 1040 g/mol. The fourth-order valence-electron chi connectivity index (χ4n) is 11.4. The summed E-state index contributed by atoms with van der Waals surface area (Å²) in [6, 6.07) is -52.0. The maximum Gasteiger partial charge on any atom is 0.254 e. The number of pyridine rings is 1. The molecule has 1 aromatic heterocycles. The van der Waals surface area contributed by atoms with Crippen molar-refractivity contribution in [3.63, 3.8) is 0 Å². The normalized spacial score (nSPS) is 20.8. The number of fused-ring (bicyclic) bond motifs is 8. The topological polar surface area (TPSA) is 32.3 Å². The minimum Gasteiger partial charge on any atom is -0.311 e. The number of nitrogens with zero attached hydrogens (tertiary/aromatic N) is 7. The SMILES string of the molecule is [2H]c1c([2H])c([2H])c(N2c3cc4c(cc3B3c5c2cc(N(c2c([2H])c([2H])c([2H])c([2H])c2[2H])c2c([2H])c([2H])c([2H])c([2H])c2[2H])cc5N(c2c([2H])c([2H])c([2H])c([2H])c2[2H])c2c([2H])c([2H])c([2H])c([2H])c23)B2c3c(cc(N(c5c([2H])c([2H])c([2H])c([2H])c5[2H])c5c([2H])c([2H])c([2H])c([2H])c5[2H])nc3N(c3c([2H])c([2H])c([2H])c([2H])c3[2H])c3c([2H])c([2H])c([2H])c([2H])c32)N4c2c([2H])c([2H])c([2H])c([2H])c2[2H])c([2H])c1[2H]. The van der Waals surface area contributed by atoms with Crippen LogP contribution in [0.4, 0.5) is 103 Å². The molecule has 0 saturated heterocycles. The van der Waals surface area contributed by atoms with E-state index in [2.05, 4.69) is 0 Å². The van der Waals surface area contributed by atoms with E-state index in [0.29, 0.717) is 19.6 Å². The first kappa shape index (κ1) is 21.1. The fraction of sp³-hybridized carbons (Fsp3) is 0. The largest absolute Gasteiger partial charge is 0.311 e. The quantitative estimate of drug-likeness (QED) is 0.126. The number of hydrogen-bond donors (Lipinski definition) is 0. The number of anilines is 18. The summed E-state index contributed by atoms with van der Waals surface area (Å²) in [4.78, 5) is 8.85. The Morgan fingerprint density at radius 3 is 1.01 bits per heavy atom. The predicted octanol–water partition coefficient (Wildman–Crippen LogP) is 16.2. The van der Waals surface area contributed by atoms with Crippen molar-refractivity contribution < 1.29 is 65.8 Å². The van der Waals surface area contributed by atoms with Crippen LogP contribution in [0.3, 0.4) is 0 Å². The molecule has 4 aliphatic rings. The van der Waals surface area contributed by atoms with Gasteiger partial charge in [-0.1, -0.05) is 187 Å². The number of para-hydroxylation sites is 10. The molecule has 17 rings (SSSR count). The van der Waals surface area contributed by atoms with Crippen LogP contribution in [0, 0.1) is 0 Å². The van der Waals surface area contributed by atoms with E-state index in [0.717, 1.165) is 40.1 Å². The van der Waals surface area contributed by atoms with Crippen molar-refractivity contribution in [1.82, 2.24) is 4.98 Å². The predicted molar refractivity (Wildman–Crippen MR) is 362 cm³/mol. The van der Waals surface area contributed by atoms with E-state index in [1.807, 2.05) is 0 Å². The van der Waals surface area contributed by atoms with E-state index >= 15 is 0 Å². The van der Waals surface area contributed by atoms with Crippen molar-refractivity contribution >= 4 is 149 Å². The molecule has 0 fully saturated rings. The van der Waals surface area contributed by atoms with Crippen LogP contribution >= 0.6 is 0 Å². The lowest BCUT2D eigenvalue weighted by molar-refractivity contribution is 1.13. The minimum absolute atomic E-state index is 0.421. The molecule has 0 saturated carbocycles. The molecule has 9 heteroatoms. The average Bonchev–Trinajstić information content (AvgIpc) is 0.668. The molecule has 0 spiro atoms. The van der Waals surface area contributed by atoms with Crippen LogP contribution in [-0.2, 0) is 0 Å². The fourth-order valence-corrected chi connectivity index (χ4v) is 11.4. The van der Waals surface area contributed by atoms with E-state index in [1.165, 1.54) is 0 Å². The Labute approximate surface area is 569 Å². The lowest BCUT2D eigenvalue weighted by Gasteiger charge is -2.47. The van der Waals surface area contributed by atoms with Crippen molar-refractivity contribution in [1.29, 1.82) is 0 Å². The smallest absolute Gasteiger partial charge is 0.254 e. The lowest BCUT2D eigenvalue weighted by Crippen LogP contribution is -2.65. The number of aromatic nitrogens is 1. The van der Waals surface area contributed by atoms with Crippen LogP contribution < -0.4 is 62.2 Å². The summed E-state index contributed by atoms with van der Waals surface area (Å²) in [7, 11) is 0. The van der Waals surface area contributed by atoms with Crippen LogP contribution in [0.1, 0.15) is 65.8 Å². The zero-order valence-electron chi connectivity index (χ0n) is 91.2. The Morgan fingerprint density at radius 2 is 0.581 bits per heavy atom. The maximum absolute atomic E-state index is 10.4. The summed E-state index contributed by atoms with van der Waals surface area (Å²) in [6.07, 6.45) is 0. The van der Waals surface area contributed by atoms with Crippen LogP contribution in [-0.4, -0.2) is 18.4 Å². The van der Waals surface area contributed by atoms with Gasteiger partial charge in [-0.25, -0.2) is 4.98 Å². The third-order valence-electron chi connectivity index (χ3n) is 14.5. The lowest BCUT2D eigenvalue weighted by atomic mass is 9.30. The monoisotopic (exact) mass is 1150 g/mol. The van der Waals surface area contributed by atoms with Crippen LogP contribution in [0.2, 0.25) is 0 Å². The minimum atomic E-state index is -2.26.